The summed E-state index contributed by atoms with van der Waals surface area (Å²) in [6.45, 7) is 0. The second kappa shape index (κ2) is 6.27. The maximum absolute atomic E-state index is 13.8. The molecule has 3 aliphatic rings. The van der Waals surface area contributed by atoms with Gasteiger partial charge in [0.2, 0.25) is 0 Å². The van der Waals surface area contributed by atoms with Gasteiger partial charge in [0.15, 0.2) is 11.0 Å². The van der Waals surface area contributed by atoms with Crippen LogP contribution in [0.3, 0.4) is 0 Å². The Morgan fingerprint density at radius 1 is 0.931 bits per heavy atom. The summed E-state index contributed by atoms with van der Waals surface area (Å²) in [5, 5.41) is 9.82. The quantitative estimate of drug-likeness (QED) is 0.388. The highest BCUT2D eigenvalue weighted by Gasteiger charge is 2.82. The van der Waals surface area contributed by atoms with E-state index < -0.39 is 72.2 Å². The van der Waals surface area contributed by atoms with Gasteiger partial charge in [-0.15, -0.1) is 0 Å². The zero-order valence-electron chi connectivity index (χ0n) is 14.7. The monoisotopic (exact) mass is 440 g/mol. The number of fused-ring (bicyclic) bond motifs is 2. The normalized spacial score (nSPS) is 32.1. The first-order valence-electron chi connectivity index (χ1n) is 8.86. The SMILES string of the molecule is O=C(OC1(C(O)(C(F)(F)F)C(F)(F)F)CCCC1)C1(C(F)(F)F)CC2C=CC1C2. The molecule has 0 aliphatic heterocycles. The third kappa shape index (κ3) is 2.88. The molecule has 3 aliphatic carbocycles. The Labute approximate surface area is 158 Å². The largest absolute Gasteiger partial charge is 0.455 e. The van der Waals surface area contributed by atoms with E-state index >= 15 is 0 Å². The van der Waals surface area contributed by atoms with Crippen LogP contribution in [0.2, 0.25) is 0 Å². The van der Waals surface area contributed by atoms with Gasteiger partial charge in [-0.05, 0) is 44.4 Å². The molecule has 2 bridgehead atoms. The molecule has 0 spiro atoms. The van der Waals surface area contributed by atoms with Crippen LogP contribution in [-0.2, 0) is 9.53 Å². The van der Waals surface area contributed by atoms with Crippen LogP contribution in [-0.4, -0.2) is 40.8 Å². The third-order valence-electron chi connectivity index (χ3n) is 6.44. The molecule has 2 saturated carbocycles. The molecule has 29 heavy (non-hydrogen) atoms. The third-order valence-corrected chi connectivity index (χ3v) is 6.44. The maximum atomic E-state index is 13.8. The van der Waals surface area contributed by atoms with Crippen LogP contribution in [0.1, 0.15) is 38.5 Å². The number of hydrogen-bond acceptors (Lipinski definition) is 3. The number of alkyl halides is 9. The van der Waals surface area contributed by atoms with Gasteiger partial charge in [0.25, 0.3) is 5.60 Å². The van der Waals surface area contributed by atoms with Crippen molar-refractivity contribution >= 4 is 5.97 Å². The Hall–Kier alpha value is -1.46. The van der Waals surface area contributed by atoms with Gasteiger partial charge in [-0.25, -0.2) is 0 Å². The predicted octanol–water partition coefficient (Wildman–Crippen LogP) is 4.84. The van der Waals surface area contributed by atoms with Crippen LogP contribution >= 0.6 is 0 Å². The van der Waals surface area contributed by atoms with E-state index in [1.54, 1.807) is 0 Å². The van der Waals surface area contributed by atoms with E-state index in [1.165, 1.54) is 6.08 Å². The lowest BCUT2D eigenvalue weighted by molar-refractivity contribution is -0.413. The molecule has 12 heteroatoms. The van der Waals surface area contributed by atoms with Crippen molar-refractivity contribution in [3.63, 3.8) is 0 Å². The molecule has 3 unspecified atom stereocenters. The number of esters is 1. The Morgan fingerprint density at radius 3 is 1.79 bits per heavy atom. The topological polar surface area (TPSA) is 46.5 Å². The smallest absolute Gasteiger partial charge is 0.430 e. The van der Waals surface area contributed by atoms with Crippen molar-refractivity contribution in [2.75, 3.05) is 0 Å². The molecular formula is C17H17F9O3. The highest BCUT2D eigenvalue weighted by Crippen LogP contribution is 2.62. The lowest BCUT2D eigenvalue weighted by Crippen LogP contribution is -2.72. The highest BCUT2D eigenvalue weighted by molar-refractivity contribution is 5.80. The first-order chi connectivity index (χ1) is 13.0. The fraction of sp³-hybridized carbons (Fsp3) is 0.824. The van der Waals surface area contributed by atoms with Crippen molar-refractivity contribution in [2.24, 2.45) is 17.3 Å². The van der Waals surface area contributed by atoms with Gasteiger partial charge < -0.3 is 9.84 Å². The minimum atomic E-state index is -6.32. The van der Waals surface area contributed by atoms with Crippen molar-refractivity contribution in [1.29, 1.82) is 0 Å². The molecule has 2 fully saturated rings. The van der Waals surface area contributed by atoms with Crippen molar-refractivity contribution in [2.45, 2.75) is 68.3 Å². The van der Waals surface area contributed by atoms with Gasteiger partial charge in [0, 0.05) is 5.92 Å². The number of rotatable bonds is 3. The molecule has 3 atom stereocenters. The number of carbonyl (C=O) groups excluding carboxylic acids is 1. The minimum Gasteiger partial charge on any atom is -0.455 e. The maximum Gasteiger partial charge on any atom is 0.430 e. The molecule has 0 aromatic heterocycles. The highest BCUT2D eigenvalue weighted by atomic mass is 19.4. The van der Waals surface area contributed by atoms with Gasteiger partial charge in [-0.2, -0.15) is 39.5 Å². The molecule has 0 heterocycles. The van der Waals surface area contributed by atoms with E-state index in [2.05, 4.69) is 4.74 Å². The Kier molecular flexibility index (Phi) is 4.81. The minimum absolute atomic E-state index is 0.107. The molecule has 0 radical (unpaired) electrons. The van der Waals surface area contributed by atoms with Crippen molar-refractivity contribution in [3.05, 3.63) is 12.2 Å². The molecule has 3 rings (SSSR count). The molecule has 3 nitrogen and oxygen atoms in total. The average Bonchev–Trinajstić information content (AvgIpc) is 3.26. The van der Waals surface area contributed by atoms with Crippen LogP contribution in [0, 0.1) is 17.3 Å². The summed E-state index contributed by atoms with van der Waals surface area (Å²) in [4.78, 5) is 12.6. The van der Waals surface area contributed by atoms with E-state index in [1.807, 2.05) is 0 Å². The summed E-state index contributed by atoms with van der Waals surface area (Å²) in [6, 6.07) is 0. The number of hydrogen-bond donors (Lipinski definition) is 1. The van der Waals surface area contributed by atoms with E-state index in [4.69, 9.17) is 0 Å². The van der Waals surface area contributed by atoms with Crippen LogP contribution < -0.4 is 0 Å². The van der Waals surface area contributed by atoms with E-state index in [0.29, 0.717) is 0 Å². The first-order valence-corrected chi connectivity index (χ1v) is 8.86. The lowest BCUT2D eigenvalue weighted by atomic mass is 9.74. The predicted molar refractivity (Wildman–Crippen MR) is 78.2 cm³/mol. The van der Waals surface area contributed by atoms with Gasteiger partial charge in [-0.1, -0.05) is 12.2 Å². The molecule has 0 aromatic rings. The van der Waals surface area contributed by atoms with Crippen molar-refractivity contribution in [1.82, 2.24) is 0 Å². The molecular weight excluding hydrogens is 423 g/mol. The molecule has 0 amide bonds. The number of aliphatic hydroxyl groups is 1. The molecule has 1 N–H and O–H groups in total. The number of allylic oxidation sites excluding steroid dienone is 2. The summed E-state index contributed by atoms with van der Waals surface area (Å²) in [6.07, 6.45) is -19.0. The van der Waals surface area contributed by atoms with Gasteiger partial charge in [0.05, 0.1) is 0 Å². The fourth-order valence-corrected chi connectivity index (χ4v) is 4.96. The van der Waals surface area contributed by atoms with Crippen LogP contribution in [0.25, 0.3) is 0 Å². The number of ether oxygens (including phenoxy) is 1. The summed E-state index contributed by atoms with van der Waals surface area (Å²) in [7, 11) is 0. The van der Waals surface area contributed by atoms with Crippen molar-refractivity contribution < 1.29 is 54.2 Å². The van der Waals surface area contributed by atoms with E-state index in [9.17, 15) is 49.4 Å². The van der Waals surface area contributed by atoms with Gasteiger partial charge in [0.1, 0.15) is 0 Å². The standard InChI is InChI=1S/C17H17F9O3/c18-15(19,20)13(8-9-3-4-10(13)7-9)11(27)29-12(5-1-2-6-12)14(28,16(21,22)23)17(24,25)26/h3-4,9-10,28H,1-2,5-8H2. The van der Waals surface area contributed by atoms with Crippen LogP contribution in [0.4, 0.5) is 39.5 Å². The van der Waals surface area contributed by atoms with Gasteiger partial charge >= 0.3 is 24.5 Å². The number of halogens is 9. The zero-order valence-corrected chi connectivity index (χ0v) is 14.7. The summed E-state index contributed by atoms with van der Waals surface area (Å²) in [5.41, 5.74) is -12.3. The Balaban J connectivity index is 2.07. The van der Waals surface area contributed by atoms with Crippen LogP contribution in [0.15, 0.2) is 12.2 Å². The second-order valence-electron chi connectivity index (χ2n) is 7.96. The Morgan fingerprint density at radius 2 is 1.45 bits per heavy atom. The first kappa shape index (κ1) is 22.2. The van der Waals surface area contributed by atoms with E-state index in [0.717, 1.165) is 6.08 Å². The molecule has 0 saturated heterocycles. The lowest BCUT2D eigenvalue weighted by Gasteiger charge is -2.47. The molecule has 0 aromatic carbocycles. The summed E-state index contributed by atoms with van der Waals surface area (Å²) >= 11 is 0. The van der Waals surface area contributed by atoms with Gasteiger partial charge in [-0.3, -0.25) is 4.79 Å². The fourth-order valence-electron chi connectivity index (χ4n) is 4.96. The van der Waals surface area contributed by atoms with E-state index in [-0.39, 0.29) is 19.3 Å². The number of carbonyl (C=O) groups is 1. The van der Waals surface area contributed by atoms with Crippen LogP contribution in [0.5, 0.6) is 0 Å². The average molecular weight is 440 g/mol. The Bertz CT molecular complexity index is 686. The molecule has 166 valence electrons. The van der Waals surface area contributed by atoms with Crippen molar-refractivity contribution in [3.8, 4) is 0 Å². The zero-order chi connectivity index (χ0) is 22.1. The second-order valence-corrected chi connectivity index (χ2v) is 7.96. The summed E-state index contributed by atoms with van der Waals surface area (Å²) in [5.74, 6) is -4.32. The summed E-state index contributed by atoms with van der Waals surface area (Å²) < 4.78 is 126.